The molecule has 0 amide bonds. The highest BCUT2D eigenvalue weighted by Crippen LogP contribution is 2.31. The summed E-state index contributed by atoms with van der Waals surface area (Å²) in [5.41, 5.74) is 10.1. The second-order valence-corrected chi connectivity index (χ2v) is 6.43. The highest BCUT2D eigenvalue weighted by atomic mass is 35.5. The van der Waals surface area contributed by atoms with Crippen molar-refractivity contribution in [3.8, 4) is 0 Å². The van der Waals surface area contributed by atoms with Gasteiger partial charge in [0.25, 0.3) is 0 Å². The molecule has 3 heteroatoms. The molecule has 1 fully saturated rings. The number of aryl methyl sites for hydroxylation is 1. The van der Waals surface area contributed by atoms with Crippen LogP contribution < -0.4 is 10.6 Å². The highest BCUT2D eigenvalue weighted by Gasteiger charge is 2.26. The van der Waals surface area contributed by atoms with Crippen LogP contribution in [-0.4, -0.2) is 19.1 Å². The summed E-state index contributed by atoms with van der Waals surface area (Å²) in [7, 11) is 0. The van der Waals surface area contributed by atoms with E-state index in [0.29, 0.717) is 5.92 Å². The Labute approximate surface area is 131 Å². The van der Waals surface area contributed by atoms with Gasteiger partial charge >= 0.3 is 0 Å². The number of nitrogens with two attached hydrogens (primary N) is 1. The van der Waals surface area contributed by atoms with Crippen molar-refractivity contribution in [1.82, 2.24) is 0 Å². The van der Waals surface area contributed by atoms with Crippen LogP contribution in [0.4, 0.5) is 5.69 Å². The lowest BCUT2D eigenvalue weighted by Crippen LogP contribution is -2.46. The summed E-state index contributed by atoms with van der Waals surface area (Å²) >= 11 is 6.13. The monoisotopic (exact) mass is 300 g/mol. The van der Waals surface area contributed by atoms with Crippen LogP contribution >= 0.6 is 11.6 Å². The van der Waals surface area contributed by atoms with Crippen LogP contribution in [0.5, 0.6) is 0 Å². The summed E-state index contributed by atoms with van der Waals surface area (Å²) in [6, 6.07) is 17.0. The molecule has 0 bridgehead atoms. The van der Waals surface area contributed by atoms with Crippen LogP contribution in [0, 0.1) is 6.92 Å². The van der Waals surface area contributed by atoms with Crippen LogP contribution in [0.25, 0.3) is 0 Å². The first-order valence-corrected chi connectivity index (χ1v) is 7.82. The average Bonchev–Trinajstić information content (AvgIpc) is 2.46. The Morgan fingerprint density at radius 1 is 1.10 bits per heavy atom. The summed E-state index contributed by atoms with van der Waals surface area (Å²) in [6.45, 7) is 4.04. The van der Waals surface area contributed by atoms with Gasteiger partial charge in [-0.25, -0.2) is 0 Å². The molecule has 0 radical (unpaired) electrons. The number of hydrogen-bond acceptors (Lipinski definition) is 2. The largest absolute Gasteiger partial charge is 0.369 e. The third-order valence-corrected chi connectivity index (χ3v) is 4.40. The van der Waals surface area contributed by atoms with Gasteiger partial charge < -0.3 is 10.6 Å². The minimum absolute atomic E-state index is 0.197. The lowest BCUT2D eigenvalue weighted by atomic mass is 9.88. The van der Waals surface area contributed by atoms with E-state index >= 15 is 0 Å². The fraction of sp³-hybridized carbons (Fsp3) is 0.333. The Morgan fingerprint density at radius 2 is 1.90 bits per heavy atom. The quantitative estimate of drug-likeness (QED) is 0.909. The molecule has 2 aromatic carbocycles. The fourth-order valence-electron chi connectivity index (χ4n) is 3.18. The van der Waals surface area contributed by atoms with Gasteiger partial charge in [-0.1, -0.05) is 35.9 Å². The molecule has 2 aromatic rings. The van der Waals surface area contributed by atoms with E-state index in [1.165, 1.54) is 16.8 Å². The molecule has 2 atom stereocenters. The average molecular weight is 301 g/mol. The molecule has 0 aliphatic carbocycles. The van der Waals surface area contributed by atoms with Crippen molar-refractivity contribution >= 4 is 17.3 Å². The Hall–Kier alpha value is -1.51. The zero-order chi connectivity index (χ0) is 14.8. The number of anilines is 1. The van der Waals surface area contributed by atoms with Crippen LogP contribution in [-0.2, 0) is 0 Å². The van der Waals surface area contributed by atoms with Crippen LogP contribution in [0.1, 0.15) is 23.5 Å². The van der Waals surface area contributed by atoms with Gasteiger partial charge in [-0.2, -0.15) is 0 Å². The Bertz CT molecular complexity index is 573. The van der Waals surface area contributed by atoms with Gasteiger partial charge in [-0.15, -0.1) is 0 Å². The summed E-state index contributed by atoms with van der Waals surface area (Å²) in [4.78, 5) is 2.40. The zero-order valence-corrected chi connectivity index (χ0v) is 13.1. The van der Waals surface area contributed by atoms with Crippen LogP contribution in [0.15, 0.2) is 48.5 Å². The van der Waals surface area contributed by atoms with Gasteiger partial charge in [0.05, 0.1) is 0 Å². The Kier molecular flexibility index (Phi) is 4.18. The van der Waals surface area contributed by atoms with Crippen molar-refractivity contribution in [3.63, 3.8) is 0 Å². The molecule has 1 heterocycles. The van der Waals surface area contributed by atoms with E-state index in [9.17, 15) is 0 Å². The maximum atomic E-state index is 6.29. The highest BCUT2D eigenvalue weighted by molar-refractivity contribution is 6.30. The van der Waals surface area contributed by atoms with Crippen molar-refractivity contribution < 1.29 is 0 Å². The molecular formula is C18H21ClN2. The predicted octanol–water partition coefficient (Wildman–Crippen LogP) is 3.97. The summed E-state index contributed by atoms with van der Waals surface area (Å²) < 4.78 is 0. The second-order valence-electron chi connectivity index (χ2n) is 5.99. The molecule has 0 saturated carbocycles. The zero-order valence-electron chi connectivity index (χ0n) is 12.3. The first-order chi connectivity index (χ1) is 10.1. The van der Waals surface area contributed by atoms with Gasteiger partial charge in [0, 0.05) is 35.8 Å². The normalized spacial score (nSPS) is 22.3. The molecule has 2 unspecified atom stereocenters. The maximum absolute atomic E-state index is 6.29. The predicted molar refractivity (Wildman–Crippen MR) is 90.2 cm³/mol. The molecule has 3 rings (SSSR count). The smallest absolute Gasteiger partial charge is 0.0408 e. The van der Waals surface area contributed by atoms with E-state index in [2.05, 4.69) is 48.2 Å². The summed E-state index contributed by atoms with van der Waals surface area (Å²) in [6.07, 6.45) is 1.02. The third kappa shape index (κ3) is 3.39. The molecule has 0 aromatic heterocycles. The van der Waals surface area contributed by atoms with Gasteiger partial charge in [-0.05, 0) is 48.7 Å². The molecular weight excluding hydrogens is 280 g/mol. The number of benzene rings is 2. The lowest BCUT2D eigenvalue weighted by molar-refractivity contribution is 0.454. The number of hydrogen-bond donors (Lipinski definition) is 1. The molecule has 2 nitrogen and oxygen atoms in total. The standard InChI is InChI=1S/C18H21ClN2/c1-13-4-2-7-18(8-13)21-11-15(10-17(20)12-21)14-5-3-6-16(19)9-14/h2-9,15,17H,10-12,20H2,1H3. The van der Waals surface area contributed by atoms with Gasteiger partial charge in [-0.3, -0.25) is 0 Å². The minimum Gasteiger partial charge on any atom is -0.369 e. The van der Waals surface area contributed by atoms with Gasteiger partial charge in [0.15, 0.2) is 0 Å². The number of halogens is 1. The molecule has 1 aliphatic heterocycles. The molecule has 1 aliphatic rings. The third-order valence-electron chi connectivity index (χ3n) is 4.17. The first-order valence-electron chi connectivity index (χ1n) is 7.44. The van der Waals surface area contributed by atoms with E-state index in [1.807, 2.05) is 12.1 Å². The fourth-order valence-corrected chi connectivity index (χ4v) is 3.37. The molecule has 2 N–H and O–H groups in total. The van der Waals surface area contributed by atoms with Crippen LogP contribution in [0.3, 0.4) is 0 Å². The number of nitrogens with zero attached hydrogens (tertiary/aromatic N) is 1. The SMILES string of the molecule is Cc1cccc(N2CC(N)CC(c3cccc(Cl)c3)C2)c1. The van der Waals surface area contributed by atoms with Crippen molar-refractivity contribution in [2.45, 2.75) is 25.3 Å². The molecule has 0 spiro atoms. The first kappa shape index (κ1) is 14.4. The van der Waals surface area contributed by atoms with E-state index in [0.717, 1.165) is 24.5 Å². The van der Waals surface area contributed by atoms with E-state index < -0.39 is 0 Å². The van der Waals surface area contributed by atoms with Crippen molar-refractivity contribution in [1.29, 1.82) is 0 Å². The van der Waals surface area contributed by atoms with E-state index in [-0.39, 0.29) is 6.04 Å². The van der Waals surface area contributed by atoms with Crippen molar-refractivity contribution in [3.05, 3.63) is 64.7 Å². The van der Waals surface area contributed by atoms with Crippen LogP contribution in [0.2, 0.25) is 5.02 Å². The molecule has 21 heavy (non-hydrogen) atoms. The summed E-state index contributed by atoms with van der Waals surface area (Å²) in [5.74, 6) is 0.438. The van der Waals surface area contributed by atoms with E-state index in [1.54, 1.807) is 0 Å². The molecule has 1 saturated heterocycles. The second kappa shape index (κ2) is 6.08. The van der Waals surface area contributed by atoms with E-state index in [4.69, 9.17) is 17.3 Å². The topological polar surface area (TPSA) is 29.3 Å². The summed E-state index contributed by atoms with van der Waals surface area (Å²) in [5, 5.41) is 0.800. The Morgan fingerprint density at radius 3 is 2.67 bits per heavy atom. The number of piperidine rings is 1. The van der Waals surface area contributed by atoms with Crippen molar-refractivity contribution in [2.24, 2.45) is 5.73 Å². The van der Waals surface area contributed by atoms with Crippen molar-refractivity contribution in [2.75, 3.05) is 18.0 Å². The molecule has 110 valence electrons. The van der Waals surface area contributed by atoms with Gasteiger partial charge in [0.1, 0.15) is 0 Å². The maximum Gasteiger partial charge on any atom is 0.0408 e. The van der Waals surface area contributed by atoms with Gasteiger partial charge in [0.2, 0.25) is 0 Å². The number of rotatable bonds is 2. The minimum atomic E-state index is 0.197. The Balaban J connectivity index is 1.85. The lowest BCUT2D eigenvalue weighted by Gasteiger charge is -2.38.